The molecule has 0 aromatic heterocycles. The molecule has 1 fully saturated rings. The van der Waals surface area contributed by atoms with Gasteiger partial charge in [0, 0.05) is 45.0 Å². The molecule has 2 N–H and O–H groups in total. The highest BCUT2D eigenvalue weighted by molar-refractivity contribution is 7.89. The van der Waals surface area contributed by atoms with Crippen molar-refractivity contribution in [3.63, 3.8) is 0 Å². The Morgan fingerprint density at radius 2 is 1.86 bits per heavy atom. The molecule has 0 aliphatic carbocycles. The molecule has 158 valence electrons. The Morgan fingerprint density at radius 3 is 2.46 bits per heavy atom. The monoisotopic (exact) mass is 428 g/mol. The SMILES string of the molecule is CCN(CC)S(=O)(=O)c1cc(C)c(C)c(NC(=S)NCCN2CCOCC2)c1. The van der Waals surface area contributed by atoms with Crippen molar-refractivity contribution in [2.75, 3.05) is 57.8 Å². The minimum absolute atomic E-state index is 0.290. The van der Waals surface area contributed by atoms with Crippen LogP contribution in [0.4, 0.5) is 5.69 Å². The number of rotatable bonds is 8. The summed E-state index contributed by atoms with van der Waals surface area (Å²) in [5, 5.41) is 6.87. The summed E-state index contributed by atoms with van der Waals surface area (Å²) in [5.41, 5.74) is 2.61. The number of benzene rings is 1. The summed E-state index contributed by atoms with van der Waals surface area (Å²) in [6, 6.07) is 3.40. The van der Waals surface area contributed by atoms with E-state index in [-0.39, 0.29) is 4.90 Å². The van der Waals surface area contributed by atoms with Crippen LogP contribution in [0, 0.1) is 13.8 Å². The highest BCUT2D eigenvalue weighted by Crippen LogP contribution is 2.26. The van der Waals surface area contributed by atoms with Crippen LogP contribution in [0.25, 0.3) is 0 Å². The van der Waals surface area contributed by atoms with E-state index in [2.05, 4.69) is 15.5 Å². The maximum absolute atomic E-state index is 12.9. The molecule has 1 aromatic rings. The van der Waals surface area contributed by atoms with Gasteiger partial charge in [-0.2, -0.15) is 4.31 Å². The summed E-state index contributed by atoms with van der Waals surface area (Å²) in [4.78, 5) is 2.61. The molecule has 1 aromatic carbocycles. The van der Waals surface area contributed by atoms with Crippen LogP contribution < -0.4 is 10.6 Å². The van der Waals surface area contributed by atoms with Gasteiger partial charge in [-0.05, 0) is 49.3 Å². The van der Waals surface area contributed by atoms with Crippen molar-refractivity contribution in [1.29, 1.82) is 0 Å². The number of morpholine rings is 1. The molecule has 0 unspecified atom stereocenters. The smallest absolute Gasteiger partial charge is 0.243 e. The first-order valence-corrected chi connectivity index (χ1v) is 11.6. The van der Waals surface area contributed by atoms with Gasteiger partial charge in [0.2, 0.25) is 10.0 Å². The quantitative estimate of drug-likeness (QED) is 0.613. The third-order valence-electron chi connectivity index (χ3n) is 5.05. The van der Waals surface area contributed by atoms with Crippen LogP contribution in [-0.4, -0.2) is 75.2 Å². The van der Waals surface area contributed by atoms with Crippen LogP contribution in [0.1, 0.15) is 25.0 Å². The molecule has 9 heteroatoms. The molecule has 0 bridgehead atoms. The van der Waals surface area contributed by atoms with E-state index in [1.54, 1.807) is 12.1 Å². The van der Waals surface area contributed by atoms with Gasteiger partial charge in [-0.1, -0.05) is 13.8 Å². The summed E-state index contributed by atoms with van der Waals surface area (Å²) in [6.45, 7) is 13.5. The first-order chi connectivity index (χ1) is 13.3. The predicted octanol–water partition coefficient (Wildman–Crippen LogP) is 1.95. The molecule has 2 rings (SSSR count). The van der Waals surface area contributed by atoms with Gasteiger partial charge < -0.3 is 15.4 Å². The van der Waals surface area contributed by atoms with Crippen molar-refractivity contribution in [3.05, 3.63) is 23.3 Å². The van der Waals surface area contributed by atoms with Crippen LogP contribution in [-0.2, 0) is 14.8 Å². The number of ether oxygens (including phenoxy) is 1. The molecule has 1 saturated heterocycles. The molecule has 0 amide bonds. The number of hydrogen-bond donors (Lipinski definition) is 2. The van der Waals surface area contributed by atoms with E-state index >= 15 is 0 Å². The summed E-state index contributed by atoms with van der Waals surface area (Å²) in [6.07, 6.45) is 0. The van der Waals surface area contributed by atoms with E-state index in [4.69, 9.17) is 17.0 Å². The van der Waals surface area contributed by atoms with Crippen LogP contribution in [0.3, 0.4) is 0 Å². The van der Waals surface area contributed by atoms with Gasteiger partial charge in [-0.25, -0.2) is 8.42 Å². The van der Waals surface area contributed by atoms with E-state index < -0.39 is 10.0 Å². The summed E-state index contributed by atoms with van der Waals surface area (Å²) >= 11 is 5.41. The Morgan fingerprint density at radius 1 is 1.21 bits per heavy atom. The van der Waals surface area contributed by atoms with Gasteiger partial charge >= 0.3 is 0 Å². The summed E-state index contributed by atoms with van der Waals surface area (Å²) in [7, 11) is -3.52. The standard InChI is InChI=1S/C19H32N4O3S2/c1-5-23(6-2)28(24,25)17-13-15(3)16(4)18(14-17)21-19(27)20-7-8-22-9-11-26-12-10-22/h13-14H,5-12H2,1-4H3,(H2,20,21,27). The lowest BCUT2D eigenvalue weighted by molar-refractivity contribution is 0.0389. The predicted molar refractivity (Wildman–Crippen MR) is 118 cm³/mol. The lowest BCUT2D eigenvalue weighted by Crippen LogP contribution is -2.42. The zero-order valence-electron chi connectivity index (χ0n) is 17.2. The lowest BCUT2D eigenvalue weighted by Gasteiger charge is -2.26. The fourth-order valence-electron chi connectivity index (χ4n) is 3.14. The first-order valence-electron chi connectivity index (χ1n) is 9.76. The second-order valence-electron chi connectivity index (χ2n) is 6.84. The van der Waals surface area contributed by atoms with E-state index in [0.29, 0.717) is 18.2 Å². The Bertz CT molecular complexity index is 774. The Hall–Kier alpha value is -1.26. The van der Waals surface area contributed by atoms with Gasteiger partial charge in [0.1, 0.15) is 0 Å². The van der Waals surface area contributed by atoms with Gasteiger partial charge in [0.25, 0.3) is 0 Å². The molecule has 1 heterocycles. The molecule has 0 saturated carbocycles. The van der Waals surface area contributed by atoms with Crippen molar-refractivity contribution in [2.24, 2.45) is 0 Å². The van der Waals surface area contributed by atoms with Gasteiger partial charge in [-0.3, -0.25) is 4.90 Å². The van der Waals surface area contributed by atoms with Gasteiger partial charge in [-0.15, -0.1) is 0 Å². The minimum atomic E-state index is -3.52. The molecule has 0 spiro atoms. The average Bonchev–Trinajstić information content (AvgIpc) is 2.66. The lowest BCUT2D eigenvalue weighted by atomic mass is 10.1. The second kappa shape index (κ2) is 10.5. The maximum atomic E-state index is 12.9. The number of nitrogens with one attached hydrogen (secondary N) is 2. The van der Waals surface area contributed by atoms with Crippen molar-refractivity contribution >= 4 is 33.0 Å². The Kier molecular flexibility index (Phi) is 8.63. The van der Waals surface area contributed by atoms with E-state index in [1.165, 1.54) is 4.31 Å². The topological polar surface area (TPSA) is 73.9 Å². The van der Waals surface area contributed by atoms with Crippen LogP contribution in [0.2, 0.25) is 0 Å². The minimum Gasteiger partial charge on any atom is -0.379 e. The maximum Gasteiger partial charge on any atom is 0.243 e. The van der Waals surface area contributed by atoms with Gasteiger partial charge in [0.05, 0.1) is 18.1 Å². The third-order valence-corrected chi connectivity index (χ3v) is 7.32. The van der Waals surface area contributed by atoms with Crippen molar-refractivity contribution in [2.45, 2.75) is 32.6 Å². The van der Waals surface area contributed by atoms with Crippen LogP contribution in [0.15, 0.2) is 17.0 Å². The second-order valence-corrected chi connectivity index (χ2v) is 9.18. The fraction of sp³-hybridized carbons (Fsp3) is 0.632. The number of anilines is 1. The van der Waals surface area contributed by atoms with Crippen molar-refractivity contribution in [1.82, 2.24) is 14.5 Å². The number of nitrogens with zero attached hydrogens (tertiary/aromatic N) is 2. The molecule has 1 aliphatic heterocycles. The molecule has 7 nitrogen and oxygen atoms in total. The molecule has 0 radical (unpaired) electrons. The van der Waals surface area contributed by atoms with E-state index in [0.717, 1.165) is 56.2 Å². The van der Waals surface area contributed by atoms with E-state index in [9.17, 15) is 8.42 Å². The Labute approximate surface area is 174 Å². The summed E-state index contributed by atoms with van der Waals surface area (Å²) < 4.78 is 32.6. The molecule has 1 aliphatic rings. The zero-order valence-corrected chi connectivity index (χ0v) is 18.9. The average molecular weight is 429 g/mol. The van der Waals surface area contributed by atoms with Crippen molar-refractivity contribution in [3.8, 4) is 0 Å². The first kappa shape index (κ1) is 23.0. The Balaban J connectivity index is 2.06. The normalized spacial score (nSPS) is 15.6. The molecule has 28 heavy (non-hydrogen) atoms. The van der Waals surface area contributed by atoms with E-state index in [1.807, 2.05) is 27.7 Å². The largest absolute Gasteiger partial charge is 0.379 e. The van der Waals surface area contributed by atoms with Gasteiger partial charge in [0.15, 0.2) is 5.11 Å². The molecular weight excluding hydrogens is 396 g/mol. The van der Waals surface area contributed by atoms with Crippen LogP contribution >= 0.6 is 12.2 Å². The van der Waals surface area contributed by atoms with Crippen LogP contribution in [0.5, 0.6) is 0 Å². The number of aryl methyl sites for hydroxylation is 1. The highest BCUT2D eigenvalue weighted by atomic mass is 32.2. The fourth-order valence-corrected chi connectivity index (χ4v) is 4.92. The van der Waals surface area contributed by atoms with Crippen molar-refractivity contribution < 1.29 is 13.2 Å². The molecule has 0 atom stereocenters. The molecular formula is C19H32N4O3S2. The highest BCUT2D eigenvalue weighted by Gasteiger charge is 2.23. The number of hydrogen-bond acceptors (Lipinski definition) is 5. The number of thiocarbonyl (C=S) groups is 1. The number of sulfonamides is 1. The zero-order chi connectivity index (χ0) is 20.7. The summed E-state index contributed by atoms with van der Waals surface area (Å²) in [5.74, 6) is 0. The third kappa shape index (κ3) is 5.87.